The van der Waals surface area contributed by atoms with Gasteiger partial charge in [-0.05, 0) is 19.9 Å². The Morgan fingerprint density at radius 2 is 2.11 bits per heavy atom. The first kappa shape index (κ1) is 10.8. The minimum Gasteiger partial charge on any atom is -0.466 e. The van der Waals surface area contributed by atoms with Crippen LogP contribution in [0.25, 0.3) is 11.5 Å². The summed E-state index contributed by atoms with van der Waals surface area (Å²) >= 11 is 0. The van der Waals surface area contributed by atoms with Gasteiger partial charge in [-0.25, -0.2) is 4.98 Å². The molecule has 0 N–H and O–H groups in total. The average Bonchev–Trinajstić information content (AvgIpc) is 3.01. The zero-order valence-electron chi connectivity index (χ0n) is 10.1. The molecule has 92 valence electrons. The summed E-state index contributed by atoms with van der Waals surface area (Å²) in [5.74, 6) is 2.64. The van der Waals surface area contributed by atoms with E-state index >= 15 is 0 Å². The smallest absolute Gasteiger partial charge is 0.251 e. The Hall–Kier alpha value is -2.37. The maximum Gasteiger partial charge on any atom is 0.251 e. The van der Waals surface area contributed by atoms with E-state index in [9.17, 15) is 0 Å². The van der Waals surface area contributed by atoms with E-state index in [0.717, 1.165) is 17.1 Å². The molecule has 0 radical (unpaired) electrons. The SMILES string of the molecule is Cc1cc(-c2nnc(Cn3ccnc3)o2)c(C)o1. The third kappa shape index (κ3) is 1.92. The lowest BCUT2D eigenvalue weighted by Crippen LogP contribution is -1.96. The van der Waals surface area contributed by atoms with E-state index < -0.39 is 0 Å². The molecule has 0 aliphatic rings. The van der Waals surface area contributed by atoms with Crippen molar-refractivity contribution in [2.45, 2.75) is 20.4 Å². The Morgan fingerprint density at radius 3 is 2.78 bits per heavy atom. The highest BCUT2D eigenvalue weighted by Crippen LogP contribution is 2.25. The molecule has 0 unspecified atom stereocenters. The first-order chi connectivity index (χ1) is 8.72. The quantitative estimate of drug-likeness (QED) is 0.706. The van der Waals surface area contributed by atoms with Gasteiger partial charge in [-0.1, -0.05) is 0 Å². The fourth-order valence-corrected chi connectivity index (χ4v) is 1.81. The fourth-order valence-electron chi connectivity index (χ4n) is 1.81. The zero-order chi connectivity index (χ0) is 12.5. The van der Waals surface area contributed by atoms with E-state index in [4.69, 9.17) is 8.83 Å². The molecule has 0 bridgehead atoms. The molecule has 0 saturated carbocycles. The molecule has 0 aliphatic carbocycles. The summed E-state index contributed by atoms with van der Waals surface area (Å²) in [7, 11) is 0. The Morgan fingerprint density at radius 1 is 1.22 bits per heavy atom. The predicted octanol–water partition coefficient (Wildman–Crippen LogP) is 2.19. The third-order valence-corrected chi connectivity index (χ3v) is 2.62. The number of aryl methyl sites for hydroxylation is 2. The Labute approximate surface area is 103 Å². The molecule has 3 heterocycles. The van der Waals surface area contributed by atoms with Crippen LogP contribution in [0.15, 0.2) is 33.6 Å². The van der Waals surface area contributed by atoms with E-state index in [2.05, 4.69) is 15.2 Å². The predicted molar refractivity (Wildman–Crippen MR) is 62.8 cm³/mol. The number of aromatic nitrogens is 4. The van der Waals surface area contributed by atoms with Gasteiger partial charge in [0.15, 0.2) is 0 Å². The van der Waals surface area contributed by atoms with Gasteiger partial charge in [0.05, 0.1) is 11.9 Å². The number of hydrogen-bond acceptors (Lipinski definition) is 5. The highest BCUT2D eigenvalue weighted by atomic mass is 16.4. The monoisotopic (exact) mass is 244 g/mol. The van der Waals surface area contributed by atoms with Crippen molar-refractivity contribution < 1.29 is 8.83 Å². The molecule has 0 fully saturated rings. The third-order valence-electron chi connectivity index (χ3n) is 2.62. The highest BCUT2D eigenvalue weighted by molar-refractivity contribution is 5.55. The summed E-state index contributed by atoms with van der Waals surface area (Å²) in [5.41, 5.74) is 0.844. The van der Waals surface area contributed by atoms with Crippen LogP contribution < -0.4 is 0 Å². The lowest BCUT2D eigenvalue weighted by Gasteiger charge is -1.94. The summed E-state index contributed by atoms with van der Waals surface area (Å²) in [6, 6.07) is 1.89. The number of rotatable bonds is 3. The van der Waals surface area contributed by atoms with Crippen molar-refractivity contribution in [3.63, 3.8) is 0 Å². The van der Waals surface area contributed by atoms with Crippen molar-refractivity contribution in [1.29, 1.82) is 0 Å². The van der Waals surface area contributed by atoms with Gasteiger partial charge in [-0.15, -0.1) is 10.2 Å². The van der Waals surface area contributed by atoms with E-state index in [1.807, 2.05) is 30.7 Å². The molecule has 0 atom stereocenters. The molecule has 18 heavy (non-hydrogen) atoms. The molecule has 0 aliphatic heterocycles. The normalized spacial score (nSPS) is 11.0. The summed E-state index contributed by atoms with van der Waals surface area (Å²) in [6.45, 7) is 4.28. The van der Waals surface area contributed by atoms with Crippen LogP contribution in [0.2, 0.25) is 0 Å². The average molecular weight is 244 g/mol. The second-order valence-electron chi connectivity index (χ2n) is 4.06. The molecule has 0 spiro atoms. The molecule has 0 amide bonds. The van der Waals surface area contributed by atoms with E-state index in [1.165, 1.54) is 0 Å². The number of furan rings is 1. The van der Waals surface area contributed by atoms with Gasteiger partial charge in [0.2, 0.25) is 5.89 Å². The first-order valence-electron chi connectivity index (χ1n) is 5.58. The van der Waals surface area contributed by atoms with E-state index in [1.54, 1.807) is 12.5 Å². The zero-order valence-corrected chi connectivity index (χ0v) is 10.1. The Bertz CT molecular complexity index is 651. The summed E-state index contributed by atoms with van der Waals surface area (Å²) < 4.78 is 12.9. The maximum atomic E-state index is 5.61. The Balaban J connectivity index is 1.87. The van der Waals surface area contributed by atoms with Crippen LogP contribution >= 0.6 is 0 Å². The van der Waals surface area contributed by atoms with Gasteiger partial charge in [0, 0.05) is 12.4 Å². The van der Waals surface area contributed by atoms with Crippen LogP contribution in [-0.4, -0.2) is 19.7 Å². The fraction of sp³-hybridized carbons (Fsp3) is 0.250. The maximum absolute atomic E-state index is 5.61. The van der Waals surface area contributed by atoms with Gasteiger partial charge in [-0.2, -0.15) is 0 Å². The molecule has 0 saturated heterocycles. The number of imidazole rings is 1. The lowest BCUT2D eigenvalue weighted by atomic mass is 10.2. The molecule has 3 aromatic heterocycles. The van der Waals surface area contributed by atoms with Crippen molar-refractivity contribution >= 4 is 0 Å². The second-order valence-corrected chi connectivity index (χ2v) is 4.06. The van der Waals surface area contributed by atoms with Crippen LogP contribution in [-0.2, 0) is 6.54 Å². The van der Waals surface area contributed by atoms with Crippen LogP contribution in [0.3, 0.4) is 0 Å². The van der Waals surface area contributed by atoms with Crippen molar-refractivity contribution in [3.8, 4) is 11.5 Å². The highest BCUT2D eigenvalue weighted by Gasteiger charge is 2.14. The van der Waals surface area contributed by atoms with Crippen LogP contribution in [0.5, 0.6) is 0 Å². The first-order valence-corrected chi connectivity index (χ1v) is 5.58. The van der Waals surface area contributed by atoms with Crippen LogP contribution in [0, 0.1) is 13.8 Å². The summed E-state index contributed by atoms with van der Waals surface area (Å²) in [4.78, 5) is 3.96. The summed E-state index contributed by atoms with van der Waals surface area (Å²) in [5, 5.41) is 8.04. The topological polar surface area (TPSA) is 69.9 Å². The molecule has 3 aromatic rings. The van der Waals surface area contributed by atoms with Gasteiger partial charge in [0.25, 0.3) is 5.89 Å². The van der Waals surface area contributed by atoms with Gasteiger partial charge in [0.1, 0.15) is 18.1 Å². The van der Waals surface area contributed by atoms with Crippen molar-refractivity contribution in [2.75, 3.05) is 0 Å². The molecule has 6 nitrogen and oxygen atoms in total. The van der Waals surface area contributed by atoms with E-state index in [-0.39, 0.29) is 0 Å². The summed E-state index contributed by atoms with van der Waals surface area (Å²) in [6.07, 6.45) is 5.26. The van der Waals surface area contributed by atoms with Crippen LogP contribution in [0.4, 0.5) is 0 Å². The van der Waals surface area contributed by atoms with Crippen LogP contribution in [0.1, 0.15) is 17.4 Å². The molecular weight excluding hydrogens is 232 g/mol. The molecule has 6 heteroatoms. The van der Waals surface area contributed by atoms with Crippen molar-refractivity contribution in [2.24, 2.45) is 0 Å². The number of nitrogens with zero attached hydrogens (tertiary/aromatic N) is 4. The van der Waals surface area contributed by atoms with E-state index in [0.29, 0.717) is 18.3 Å². The Kier molecular flexibility index (Phi) is 2.47. The standard InChI is InChI=1S/C12H12N4O2/c1-8-5-10(9(2)17-8)12-15-14-11(18-12)6-16-4-3-13-7-16/h3-5,7H,6H2,1-2H3. The van der Waals surface area contributed by atoms with Gasteiger partial charge >= 0.3 is 0 Å². The molecule has 0 aromatic carbocycles. The van der Waals surface area contributed by atoms with Crippen molar-refractivity contribution in [3.05, 3.63) is 42.2 Å². The van der Waals surface area contributed by atoms with Crippen molar-refractivity contribution in [1.82, 2.24) is 19.7 Å². The number of hydrogen-bond donors (Lipinski definition) is 0. The minimum absolute atomic E-state index is 0.486. The van der Waals surface area contributed by atoms with Gasteiger partial charge < -0.3 is 13.4 Å². The molecular formula is C12H12N4O2. The van der Waals surface area contributed by atoms with Gasteiger partial charge in [-0.3, -0.25) is 0 Å². The second kappa shape index (κ2) is 4.14. The largest absolute Gasteiger partial charge is 0.466 e. The lowest BCUT2D eigenvalue weighted by molar-refractivity contribution is 0.482. The minimum atomic E-state index is 0.486. The molecule has 3 rings (SSSR count).